The number of nitrogens with two attached hydrogens (primary N) is 2. The van der Waals surface area contributed by atoms with Crippen LogP contribution in [0.2, 0.25) is 20.1 Å². The van der Waals surface area contributed by atoms with Crippen molar-refractivity contribution in [3.05, 3.63) is 80.3 Å². The standard InChI is InChI=1S/C20H15Cl4N5/c21-13-4-1-10(7-15(13)23)20(26)19(27-12-3-5-14(22)16(24)9-12)28-18-8-11(25)2-6-17(18)29-20/h1-9,29H,25-26H2,(H,27,28). The largest absolute Gasteiger partial charge is 0.399 e. The number of nitrogens with zero attached hydrogens (tertiary/aromatic N) is 1. The molecule has 0 aliphatic carbocycles. The minimum atomic E-state index is -1.22. The molecule has 29 heavy (non-hydrogen) atoms. The van der Waals surface area contributed by atoms with Crippen molar-refractivity contribution in [2.45, 2.75) is 5.66 Å². The molecule has 0 saturated carbocycles. The second-order valence-electron chi connectivity index (χ2n) is 6.55. The number of rotatable bonds is 2. The van der Waals surface area contributed by atoms with E-state index in [0.29, 0.717) is 48.6 Å². The van der Waals surface area contributed by atoms with Gasteiger partial charge in [-0.25, -0.2) is 4.99 Å². The molecule has 0 radical (unpaired) electrons. The maximum Gasteiger partial charge on any atom is 0.172 e. The van der Waals surface area contributed by atoms with E-state index in [4.69, 9.17) is 62.9 Å². The summed E-state index contributed by atoms with van der Waals surface area (Å²) in [4.78, 5) is 4.72. The van der Waals surface area contributed by atoms with Gasteiger partial charge in [0.2, 0.25) is 0 Å². The Morgan fingerprint density at radius 2 is 1.52 bits per heavy atom. The Morgan fingerprint density at radius 1 is 0.828 bits per heavy atom. The number of hydrogen-bond donors (Lipinski definition) is 4. The zero-order valence-electron chi connectivity index (χ0n) is 14.8. The molecule has 0 fully saturated rings. The van der Waals surface area contributed by atoms with Crippen molar-refractivity contribution in [1.29, 1.82) is 0 Å². The Labute approximate surface area is 187 Å². The quantitative estimate of drug-likeness (QED) is 0.335. The van der Waals surface area contributed by atoms with Crippen molar-refractivity contribution in [2.24, 2.45) is 10.7 Å². The highest BCUT2D eigenvalue weighted by atomic mass is 35.5. The maximum absolute atomic E-state index is 6.82. The highest BCUT2D eigenvalue weighted by Crippen LogP contribution is 2.39. The molecule has 1 aliphatic rings. The van der Waals surface area contributed by atoms with Crippen LogP contribution < -0.4 is 22.1 Å². The van der Waals surface area contributed by atoms with Gasteiger partial charge in [0.05, 0.1) is 31.5 Å². The molecule has 1 aliphatic heterocycles. The van der Waals surface area contributed by atoms with E-state index in [9.17, 15) is 0 Å². The average molecular weight is 467 g/mol. The Bertz CT molecular complexity index is 1150. The van der Waals surface area contributed by atoms with Gasteiger partial charge in [0.1, 0.15) is 0 Å². The van der Waals surface area contributed by atoms with E-state index in [1.54, 1.807) is 48.5 Å². The van der Waals surface area contributed by atoms with Crippen LogP contribution in [0.5, 0.6) is 0 Å². The van der Waals surface area contributed by atoms with Crippen LogP contribution in [0.4, 0.5) is 22.7 Å². The molecular weight excluding hydrogens is 452 g/mol. The predicted octanol–water partition coefficient (Wildman–Crippen LogP) is 6.26. The number of amidine groups is 1. The molecule has 0 spiro atoms. The number of aliphatic imine (C=N–C) groups is 1. The van der Waals surface area contributed by atoms with Crippen LogP contribution in [0.25, 0.3) is 0 Å². The molecule has 5 nitrogen and oxygen atoms in total. The molecule has 3 aromatic rings. The van der Waals surface area contributed by atoms with Crippen LogP contribution >= 0.6 is 46.4 Å². The Kier molecular flexibility index (Phi) is 5.27. The van der Waals surface area contributed by atoms with Gasteiger partial charge in [0.15, 0.2) is 11.5 Å². The predicted molar refractivity (Wildman–Crippen MR) is 124 cm³/mol. The van der Waals surface area contributed by atoms with Crippen LogP contribution in [0.1, 0.15) is 5.56 Å². The lowest BCUT2D eigenvalue weighted by Crippen LogP contribution is -2.55. The second-order valence-corrected chi connectivity index (χ2v) is 8.18. The molecular formula is C20H15Cl4N5. The van der Waals surface area contributed by atoms with E-state index in [1.807, 2.05) is 6.07 Å². The van der Waals surface area contributed by atoms with Crippen LogP contribution in [0, 0.1) is 0 Å². The van der Waals surface area contributed by atoms with E-state index in [2.05, 4.69) is 10.6 Å². The molecule has 1 atom stereocenters. The number of hydrogen-bond acceptors (Lipinski definition) is 5. The monoisotopic (exact) mass is 465 g/mol. The molecule has 6 N–H and O–H groups in total. The third-order valence-electron chi connectivity index (χ3n) is 4.52. The first-order chi connectivity index (χ1) is 13.8. The summed E-state index contributed by atoms with van der Waals surface area (Å²) in [6.45, 7) is 0. The zero-order valence-corrected chi connectivity index (χ0v) is 17.8. The molecule has 1 unspecified atom stereocenters. The summed E-state index contributed by atoms with van der Waals surface area (Å²) in [5, 5.41) is 8.23. The topological polar surface area (TPSA) is 88.5 Å². The zero-order chi connectivity index (χ0) is 20.8. The molecule has 0 amide bonds. The van der Waals surface area contributed by atoms with Gasteiger partial charge < -0.3 is 16.4 Å². The van der Waals surface area contributed by atoms with Crippen molar-refractivity contribution in [1.82, 2.24) is 0 Å². The maximum atomic E-state index is 6.82. The van der Waals surface area contributed by atoms with Crippen molar-refractivity contribution in [3.8, 4) is 0 Å². The molecule has 0 aromatic heterocycles. The summed E-state index contributed by atoms with van der Waals surface area (Å²) in [5.74, 6) is 0.423. The first-order valence-corrected chi connectivity index (χ1v) is 10.0. The van der Waals surface area contributed by atoms with E-state index in [1.165, 1.54) is 0 Å². The first kappa shape index (κ1) is 20.1. The van der Waals surface area contributed by atoms with Gasteiger partial charge in [-0.1, -0.05) is 52.5 Å². The molecule has 148 valence electrons. The molecule has 0 saturated heterocycles. The summed E-state index contributed by atoms with van der Waals surface area (Å²) in [6.07, 6.45) is 0. The van der Waals surface area contributed by atoms with Crippen molar-refractivity contribution < 1.29 is 0 Å². The van der Waals surface area contributed by atoms with E-state index in [-0.39, 0.29) is 0 Å². The third-order valence-corrected chi connectivity index (χ3v) is 5.99. The van der Waals surface area contributed by atoms with Crippen LogP contribution in [0.3, 0.4) is 0 Å². The lowest BCUT2D eigenvalue weighted by atomic mass is 9.95. The molecule has 4 rings (SSSR count). The number of fused-ring (bicyclic) bond motifs is 1. The first-order valence-electron chi connectivity index (χ1n) is 8.49. The van der Waals surface area contributed by atoms with Gasteiger partial charge in [0, 0.05) is 16.9 Å². The van der Waals surface area contributed by atoms with E-state index < -0.39 is 5.66 Å². The molecule has 9 heteroatoms. The highest BCUT2D eigenvalue weighted by molar-refractivity contribution is 6.42. The van der Waals surface area contributed by atoms with Gasteiger partial charge in [0.25, 0.3) is 0 Å². The summed E-state index contributed by atoms with van der Waals surface area (Å²) in [6, 6.07) is 15.7. The molecule has 3 aromatic carbocycles. The number of anilines is 3. The second kappa shape index (κ2) is 7.59. The van der Waals surface area contributed by atoms with Gasteiger partial charge in [-0.2, -0.15) is 0 Å². The van der Waals surface area contributed by atoms with Crippen LogP contribution in [-0.4, -0.2) is 5.84 Å². The Balaban J connectivity index is 1.84. The SMILES string of the molecule is Nc1ccc2c(c1)N=C(Nc1ccc(Cl)c(Cl)c1)C(N)(c1ccc(Cl)c(Cl)c1)N2. The lowest BCUT2D eigenvalue weighted by Gasteiger charge is -2.37. The Hall–Kier alpha value is -2.15. The Morgan fingerprint density at radius 3 is 2.21 bits per heavy atom. The van der Waals surface area contributed by atoms with Gasteiger partial charge in [-0.15, -0.1) is 0 Å². The van der Waals surface area contributed by atoms with Crippen molar-refractivity contribution in [2.75, 3.05) is 16.4 Å². The number of halogens is 4. The number of nitrogen functional groups attached to an aromatic ring is 1. The summed E-state index contributed by atoms with van der Waals surface area (Å²) >= 11 is 24.5. The number of nitrogens with one attached hydrogen (secondary N) is 2. The van der Waals surface area contributed by atoms with Crippen molar-refractivity contribution >= 4 is 75.0 Å². The fourth-order valence-corrected chi connectivity index (χ4v) is 3.61. The minimum Gasteiger partial charge on any atom is -0.399 e. The average Bonchev–Trinajstić information content (AvgIpc) is 2.68. The molecule has 1 heterocycles. The van der Waals surface area contributed by atoms with E-state index >= 15 is 0 Å². The summed E-state index contributed by atoms with van der Waals surface area (Å²) < 4.78 is 0. The van der Waals surface area contributed by atoms with Crippen molar-refractivity contribution in [3.63, 3.8) is 0 Å². The van der Waals surface area contributed by atoms with Gasteiger partial charge in [-0.05, 0) is 48.5 Å². The van der Waals surface area contributed by atoms with Crippen LogP contribution in [-0.2, 0) is 5.66 Å². The van der Waals surface area contributed by atoms with Crippen LogP contribution in [0.15, 0.2) is 59.6 Å². The van der Waals surface area contributed by atoms with E-state index in [0.717, 1.165) is 5.69 Å². The normalized spacial score (nSPS) is 17.9. The lowest BCUT2D eigenvalue weighted by molar-refractivity contribution is 0.687. The third kappa shape index (κ3) is 3.84. The fourth-order valence-electron chi connectivity index (χ4n) is 3.01. The minimum absolute atomic E-state index is 0.382. The summed E-state index contributed by atoms with van der Waals surface area (Å²) in [7, 11) is 0. The van der Waals surface area contributed by atoms with Gasteiger partial charge >= 0.3 is 0 Å². The smallest absolute Gasteiger partial charge is 0.172 e. The fraction of sp³-hybridized carbons (Fsp3) is 0.0500. The number of benzene rings is 3. The summed E-state index contributed by atoms with van der Waals surface area (Å²) in [5.41, 5.74) is 14.8. The van der Waals surface area contributed by atoms with Gasteiger partial charge in [-0.3, -0.25) is 5.73 Å². The highest BCUT2D eigenvalue weighted by Gasteiger charge is 2.38. The molecule has 0 bridgehead atoms.